The van der Waals surface area contributed by atoms with Crippen molar-refractivity contribution in [2.75, 3.05) is 13.2 Å². The number of sulfonamides is 1. The van der Waals surface area contributed by atoms with Crippen molar-refractivity contribution >= 4 is 15.9 Å². The highest BCUT2D eigenvalue weighted by Gasteiger charge is 2.29. The van der Waals surface area contributed by atoms with Crippen molar-refractivity contribution in [1.29, 1.82) is 0 Å². The van der Waals surface area contributed by atoms with Gasteiger partial charge in [-0.05, 0) is 19.0 Å². The Morgan fingerprint density at radius 3 is 2.47 bits per heavy atom. The third-order valence-electron chi connectivity index (χ3n) is 2.26. The highest BCUT2D eigenvalue weighted by molar-refractivity contribution is 7.89. The predicted molar refractivity (Wildman–Crippen MR) is 58.0 cm³/mol. The van der Waals surface area contributed by atoms with Crippen molar-refractivity contribution in [3.8, 4) is 0 Å². The third kappa shape index (κ3) is 2.13. The number of rotatable bonds is 2. The molecule has 94 valence electrons. The van der Waals surface area contributed by atoms with Gasteiger partial charge in [-0.3, -0.25) is 0 Å². The molecule has 2 N–H and O–H groups in total. The number of nitrogens with two attached hydrogens (primary N) is 1. The van der Waals surface area contributed by atoms with Crippen LogP contribution >= 0.6 is 0 Å². The molecule has 0 saturated heterocycles. The standard InChI is InChI=1S/C9H12N2O5S/c1-5-7(9-11-15-4-3-14-9)8(6(2)16-5)17(10,12)13/h3-4H2,1-2H3,(H2,10,12,13). The summed E-state index contributed by atoms with van der Waals surface area (Å²) >= 11 is 0. The Kier molecular flexibility index (Phi) is 2.84. The number of primary sulfonamides is 1. The van der Waals surface area contributed by atoms with Gasteiger partial charge in [-0.1, -0.05) is 0 Å². The topological polar surface area (TPSA) is 104 Å². The number of aryl methyl sites for hydroxylation is 2. The second kappa shape index (κ2) is 4.04. The maximum Gasteiger partial charge on any atom is 0.262 e. The third-order valence-corrected chi connectivity index (χ3v) is 3.32. The summed E-state index contributed by atoms with van der Waals surface area (Å²) in [6.07, 6.45) is 0. The van der Waals surface area contributed by atoms with E-state index in [1.807, 2.05) is 0 Å². The summed E-state index contributed by atoms with van der Waals surface area (Å²) in [7, 11) is -3.90. The van der Waals surface area contributed by atoms with Gasteiger partial charge >= 0.3 is 0 Å². The van der Waals surface area contributed by atoms with Crippen LogP contribution in [0.4, 0.5) is 0 Å². The lowest BCUT2D eigenvalue weighted by atomic mass is 10.2. The molecule has 0 aliphatic carbocycles. The molecule has 0 aromatic carbocycles. The molecule has 0 unspecified atom stereocenters. The summed E-state index contributed by atoms with van der Waals surface area (Å²) < 4.78 is 33.5. The highest BCUT2D eigenvalue weighted by atomic mass is 32.2. The van der Waals surface area contributed by atoms with Crippen LogP contribution in [0.2, 0.25) is 0 Å². The molecule has 2 heterocycles. The molecule has 0 amide bonds. The zero-order chi connectivity index (χ0) is 12.6. The van der Waals surface area contributed by atoms with E-state index >= 15 is 0 Å². The Morgan fingerprint density at radius 1 is 1.24 bits per heavy atom. The van der Waals surface area contributed by atoms with E-state index in [1.165, 1.54) is 6.92 Å². The van der Waals surface area contributed by atoms with Crippen LogP contribution in [-0.2, 0) is 19.6 Å². The van der Waals surface area contributed by atoms with Crippen molar-refractivity contribution < 1.29 is 22.4 Å². The molecule has 0 radical (unpaired) electrons. The molecule has 17 heavy (non-hydrogen) atoms. The van der Waals surface area contributed by atoms with Gasteiger partial charge < -0.3 is 14.0 Å². The molecule has 0 atom stereocenters. The summed E-state index contributed by atoms with van der Waals surface area (Å²) in [6, 6.07) is 0. The van der Waals surface area contributed by atoms with Crippen molar-refractivity contribution in [2.24, 2.45) is 10.3 Å². The first kappa shape index (κ1) is 11.9. The molecule has 0 saturated carbocycles. The van der Waals surface area contributed by atoms with Gasteiger partial charge in [0.2, 0.25) is 10.0 Å². The van der Waals surface area contributed by atoms with Gasteiger partial charge in [-0.25, -0.2) is 13.6 Å². The maximum atomic E-state index is 11.5. The highest BCUT2D eigenvalue weighted by Crippen LogP contribution is 2.27. The molecule has 1 aliphatic heterocycles. The van der Waals surface area contributed by atoms with Crippen LogP contribution in [0.5, 0.6) is 0 Å². The number of furan rings is 1. The smallest absolute Gasteiger partial charge is 0.262 e. The first-order valence-corrected chi connectivity index (χ1v) is 6.42. The van der Waals surface area contributed by atoms with Crippen molar-refractivity contribution in [1.82, 2.24) is 0 Å². The number of hydrogen-bond acceptors (Lipinski definition) is 6. The van der Waals surface area contributed by atoms with Gasteiger partial charge in [-0.15, -0.1) is 0 Å². The van der Waals surface area contributed by atoms with Gasteiger partial charge in [0, 0.05) is 0 Å². The molecule has 1 aliphatic rings. The number of ether oxygens (including phenoxy) is 1. The van der Waals surface area contributed by atoms with Gasteiger partial charge in [0.05, 0.1) is 0 Å². The molecule has 8 heteroatoms. The van der Waals surface area contributed by atoms with E-state index in [2.05, 4.69) is 5.16 Å². The van der Waals surface area contributed by atoms with Gasteiger partial charge in [0.1, 0.15) is 28.6 Å². The zero-order valence-electron chi connectivity index (χ0n) is 9.39. The summed E-state index contributed by atoms with van der Waals surface area (Å²) in [5, 5.41) is 8.80. The summed E-state index contributed by atoms with van der Waals surface area (Å²) in [5.74, 6) is 0.655. The minimum absolute atomic E-state index is 0.0784. The number of nitrogens with zero attached hydrogens (tertiary/aromatic N) is 1. The SMILES string of the molecule is Cc1oc(C)c(S(N)(=O)=O)c1C1=NOCCO1. The molecular formula is C9H12N2O5S. The quantitative estimate of drug-likeness (QED) is 0.820. The largest absolute Gasteiger partial charge is 0.471 e. The molecule has 2 rings (SSSR count). The predicted octanol–water partition coefficient (Wildman–Crippen LogP) is 0.252. The second-order valence-corrected chi connectivity index (χ2v) is 5.04. The van der Waals surface area contributed by atoms with Crippen molar-refractivity contribution in [2.45, 2.75) is 18.7 Å². The normalized spacial score (nSPS) is 16.1. The van der Waals surface area contributed by atoms with E-state index < -0.39 is 10.0 Å². The molecule has 0 spiro atoms. The van der Waals surface area contributed by atoms with Crippen LogP contribution in [0.3, 0.4) is 0 Å². The van der Waals surface area contributed by atoms with Crippen LogP contribution in [0, 0.1) is 13.8 Å². The van der Waals surface area contributed by atoms with E-state index in [0.29, 0.717) is 19.0 Å². The first-order valence-electron chi connectivity index (χ1n) is 4.87. The fourth-order valence-electron chi connectivity index (χ4n) is 1.68. The number of hydrogen-bond donors (Lipinski definition) is 1. The number of oxime groups is 1. The van der Waals surface area contributed by atoms with Crippen molar-refractivity contribution in [3.63, 3.8) is 0 Å². The van der Waals surface area contributed by atoms with Crippen LogP contribution in [0.25, 0.3) is 0 Å². The fraction of sp³-hybridized carbons (Fsp3) is 0.444. The minimum Gasteiger partial charge on any atom is -0.471 e. The lowest BCUT2D eigenvalue weighted by Gasteiger charge is -2.13. The maximum absolute atomic E-state index is 11.5. The first-order chi connectivity index (χ1) is 7.91. The van der Waals surface area contributed by atoms with E-state index in [0.717, 1.165) is 0 Å². The summed E-state index contributed by atoms with van der Waals surface area (Å²) in [6.45, 7) is 3.74. The lowest BCUT2D eigenvalue weighted by molar-refractivity contribution is 0.0652. The molecular weight excluding hydrogens is 248 g/mol. The second-order valence-electron chi connectivity index (χ2n) is 3.54. The van der Waals surface area contributed by atoms with E-state index in [9.17, 15) is 8.42 Å². The Bertz CT molecular complexity index is 572. The minimum atomic E-state index is -3.90. The Labute approximate surface area is 98.2 Å². The van der Waals surface area contributed by atoms with E-state index in [-0.39, 0.29) is 22.1 Å². The van der Waals surface area contributed by atoms with E-state index in [1.54, 1.807) is 6.92 Å². The molecule has 1 aromatic heterocycles. The van der Waals surface area contributed by atoms with Gasteiger partial charge in [0.25, 0.3) is 5.90 Å². The average Bonchev–Trinajstić information content (AvgIpc) is 2.54. The molecule has 0 fully saturated rings. The van der Waals surface area contributed by atoms with Gasteiger partial charge in [0.15, 0.2) is 6.61 Å². The zero-order valence-corrected chi connectivity index (χ0v) is 10.2. The van der Waals surface area contributed by atoms with Crippen molar-refractivity contribution in [3.05, 3.63) is 17.1 Å². The summed E-state index contributed by atoms with van der Waals surface area (Å²) in [4.78, 5) is 4.74. The van der Waals surface area contributed by atoms with Crippen LogP contribution in [0.1, 0.15) is 17.1 Å². The monoisotopic (exact) mass is 260 g/mol. The average molecular weight is 260 g/mol. The Morgan fingerprint density at radius 2 is 1.94 bits per heavy atom. The Balaban J connectivity index is 2.64. The van der Waals surface area contributed by atoms with Crippen LogP contribution < -0.4 is 5.14 Å². The molecule has 0 bridgehead atoms. The molecule has 7 nitrogen and oxygen atoms in total. The van der Waals surface area contributed by atoms with E-state index in [4.69, 9.17) is 19.1 Å². The summed E-state index contributed by atoms with van der Waals surface area (Å²) in [5.41, 5.74) is 0.227. The lowest BCUT2D eigenvalue weighted by Crippen LogP contribution is -2.22. The van der Waals surface area contributed by atoms with Gasteiger partial charge in [-0.2, -0.15) is 0 Å². The Hall–Kier alpha value is -1.54. The fourth-order valence-corrected chi connectivity index (χ4v) is 2.64. The molecule has 1 aromatic rings. The van der Waals surface area contributed by atoms with Crippen LogP contribution in [0.15, 0.2) is 14.5 Å². The van der Waals surface area contributed by atoms with Crippen LogP contribution in [-0.4, -0.2) is 27.5 Å².